The highest BCUT2D eigenvalue weighted by Crippen LogP contribution is 2.30. The number of rotatable bonds is 0. The Morgan fingerprint density at radius 2 is 1.76 bits per heavy atom. The molecular formula is C16H7O. The summed E-state index contributed by atoms with van der Waals surface area (Å²) in [5.41, 5.74) is 2.42. The lowest BCUT2D eigenvalue weighted by molar-refractivity contribution is 0.668. The molecule has 17 heavy (non-hydrogen) atoms. The Labute approximate surface area is 99.0 Å². The lowest BCUT2D eigenvalue weighted by atomic mass is 10.1. The molecule has 3 rings (SSSR count). The van der Waals surface area contributed by atoms with Crippen molar-refractivity contribution in [1.82, 2.24) is 0 Å². The molecule has 1 nitrogen and oxygen atoms in total. The Morgan fingerprint density at radius 1 is 0.941 bits per heavy atom. The third kappa shape index (κ3) is 1.46. The molecule has 0 spiro atoms. The summed E-state index contributed by atoms with van der Waals surface area (Å²) < 4.78 is 5.79. The molecule has 1 heterocycles. The molecule has 0 aliphatic carbocycles. The van der Waals surface area contributed by atoms with Crippen molar-refractivity contribution in [3.05, 3.63) is 54.5 Å². The number of hydrogen-bond donors (Lipinski definition) is 0. The first-order chi connectivity index (χ1) is 8.40. The van der Waals surface area contributed by atoms with Gasteiger partial charge in [-0.05, 0) is 36.3 Å². The molecule has 0 fully saturated rings. The smallest absolute Gasteiger partial charge is 0.151 e. The van der Waals surface area contributed by atoms with E-state index in [-0.39, 0.29) is 0 Å². The summed E-state index contributed by atoms with van der Waals surface area (Å²) in [6.07, 6.45) is 6.81. The van der Waals surface area contributed by atoms with E-state index in [0.717, 1.165) is 27.5 Å². The van der Waals surface area contributed by atoms with Crippen LogP contribution in [-0.2, 0) is 0 Å². The highest BCUT2D eigenvalue weighted by atomic mass is 16.3. The summed E-state index contributed by atoms with van der Waals surface area (Å²) in [4.78, 5) is 0. The first-order valence-electron chi connectivity index (χ1n) is 5.23. The van der Waals surface area contributed by atoms with Crippen LogP contribution in [0.1, 0.15) is 5.56 Å². The Morgan fingerprint density at radius 3 is 2.65 bits per heavy atom. The monoisotopic (exact) mass is 215 g/mol. The molecule has 77 valence electrons. The van der Waals surface area contributed by atoms with Crippen LogP contribution >= 0.6 is 0 Å². The first-order valence-corrected chi connectivity index (χ1v) is 5.23. The van der Waals surface area contributed by atoms with Gasteiger partial charge in [-0.25, -0.2) is 0 Å². The topological polar surface area (TPSA) is 13.1 Å². The van der Waals surface area contributed by atoms with Crippen LogP contribution < -0.4 is 0 Å². The molecule has 1 radical (unpaired) electrons. The van der Waals surface area contributed by atoms with E-state index in [9.17, 15) is 0 Å². The standard InChI is InChI=1S/C16H7O/c1-2-3-7-12-8-6-10-14-13-9-4-5-11-15(13)17-16(12)14/h4-6,8-11H. The first kappa shape index (κ1) is 9.58. The molecule has 0 saturated heterocycles. The predicted molar refractivity (Wildman–Crippen MR) is 67.7 cm³/mol. The van der Waals surface area contributed by atoms with Crippen LogP contribution in [0.4, 0.5) is 0 Å². The number of benzene rings is 2. The zero-order valence-corrected chi connectivity index (χ0v) is 8.95. The normalized spacial score (nSPS) is 9.82. The van der Waals surface area contributed by atoms with Crippen LogP contribution in [0.15, 0.2) is 46.9 Å². The quantitative estimate of drug-likeness (QED) is 0.523. The lowest BCUT2D eigenvalue weighted by Crippen LogP contribution is -1.74. The minimum atomic E-state index is 0.774. The largest absolute Gasteiger partial charge is 0.455 e. The van der Waals surface area contributed by atoms with E-state index in [2.05, 4.69) is 17.8 Å². The highest BCUT2D eigenvalue weighted by molar-refractivity contribution is 6.06. The predicted octanol–water partition coefficient (Wildman–Crippen LogP) is 3.53. The van der Waals surface area contributed by atoms with Crippen LogP contribution in [0.5, 0.6) is 0 Å². The van der Waals surface area contributed by atoms with Crippen molar-refractivity contribution in [2.75, 3.05) is 0 Å². The molecule has 0 bridgehead atoms. The Hall–Kier alpha value is -2.64. The van der Waals surface area contributed by atoms with Crippen molar-refractivity contribution < 1.29 is 4.42 Å². The zero-order valence-electron chi connectivity index (χ0n) is 8.95. The van der Waals surface area contributed by atoms with Gasteiger partial charge in [0.2, 0.25) is 0 Å². The second-order valence-electron chi connectivity index (χ2n) is 3.66. The average molecular weight is 215 g/mol. The SMILES string of the molecule is [C]#CC#Cc1cccc2c1oc1ccccc12. The number of fused-ring (bicyclic) bond motifs is 3. The van der Waals surface area contributed by atoms with Crippen LogP contribution in [0.3, 0.4) is 0 Å². The maximum atomic E-state index is 6.81. The van der Waals surface area contributed by atoms with Crippen molar-refractivity contribution in [2.24, 2.45) is 0 Å². The molecule has 0 N–H and O–H groups in total. The molecule has 3 aromatic rings. The fourth-order valence-corrected chi connectivity index (χ4v) is 1.94. The summed E-state index contributed by atoms with van der Waals surface area (Å²) in [7, 11) is 0. The number of hydrogen-bond acceptors (Lipinski definition) is 1. The molecule has 0 aliphatic rings. The van der Waals surface area contributed by atoms with E-state index in [1.807, 2.05) is 42.5 Å². The van der Waals surface area contributed by atoms with Gasteiger partial charge in [-0.3, -0.25) is 0 Å². The van der Waals surface area contributed by atoms with Gasteiger partial charge in [0, 0.05) is 10.8 Å². The van der Waals surface area contributed by atoms with E-state index in [0.29, 0.717) is 0 Å². The van der Waals surface area contributed by atoms with Gasteiger partial charge < -0.3 is 4.42 Å². The molecular weight excluding hydrogens is 208 g/mol. The summed E-state index contributed by atoms with van der Waals surface area (Å²) in [6.45, 7) is 0. The molecule has 1 heteroatoms. The summed E-state index contributed by atoms with van der Waals surface area (Å²) in [5.74, 6) is 7.43. The fraction of sp³-hybridized carbons (Fsp3) is 0. The second-order valence-corrected chi connectivity index (χ2v) is 3.66. The molecule has 0 unspecified atom stereocenters. The van der Waals surface area contributed by atoms with Gasteiger partial charge in [0.15, 0.2) is 5.58 Å². The van der Waals surface area contributed by atoms with Gasteiger partial charge in [-0.15, -0.1) is 0 Å². The highest BCUT2D eigenvalue weighted by Gasteiger charge is 2.08. The third-order valence-corrected chi connectivity index (χ3v) is 2.66. The molecule has 0 amide bonds. The summed E-state index contributed by atoms with van der Waals surface area (Å²) in [5, 5.41) is 2.14. The molecule has 0 atom stereocenters. The van der Waals surface area contributed by atoms with E-state index < -0.39 is 0 Å². The van der Waals surface area contributed by atoms with Gasteiger partial charge in [0.05, 0.1) is 5.56 Å². The molecule has 2 aromatic carbocycles. The fourth-order valence-electron chi connectivity index (χ4n) is 1.94. The molecule has 0 aliphatic heterocycles. The van der Waals surface area contributed by atoms with Gasteiger partial charge in [0.25, 0.3) is 0 Å². The second kappa shape index (κ2) is 3.74. The van der Waals surface area contributed by atoms with Gasteiger partial charge in [0.1, 0.15) is 5.58 Å². The van der Waals surface area contributed by atoms with Crippen LogP contribution in [0.2, 0.25) is 0 Å². The average Bonchev–Trinajstić information content (AvgIpc) is 2.75. The maximum Gasteiger partial charge on any atom is 0.151 e. The number of para-hydroxylation sites is 2. The van der Waals surface area contributed by atoms with Crippen LogP contribution in [-0.4, -0.2) is 0 Å². The van der Waals surface area contributed by atoms with Crippen molar-refractivity contribution in [3.63, 3.8) is 0 Å². The molecule has 0 saturated carbocycles. The van der Waals surface area contributed by atoms with Gasteiger partial charge in [-0.1, -0.05) is 30.3 Å². The van der Waals surface area contributed by atoms with Crippen molar-refractivity contribution >= 4 is 21.9 Å². The maximum absolute atomic E-state index is 6.81. The van der Waals surface area contributed by atoms with Crippen LogP contribution in [0.25, 0.3) is 21.9 Å². The zero-order chi connectivity index (χ0) is 11.7. The Kier molecular flexibility index (Phi) is 2.11. The van der Waals surface area contributed by atoms with Gasteiger partial charge in [-0.2, -0.15) is 0 Å². The van der Waals surface area contributed by atoms with Crippen molar-refractivity contribution in [2.45, 2.75) is 0 Å². The van der Waals surface area contributed by atoms with Crippen LogP contribution in [0, 0.1) is 24.2 Å². The summed E-state index contributed by atoms with van der Waals surface area (Å²) >= 11 is 0. The number of furan rings is 1. The van der Waals surface area contributed by atoms with E-state index in [1.54, 1.807) is 0 Å². The van der Waals surface area contributed by atoms with E-state index >= 15 is 0 Å². The third-order valence-electron chi connectivity index (χ3n) is 2.66. The van der Waals surface area contributed by atoms with Gasteiger partial charge >= 0.3 is 0 Å². The Balaban J connectivity index is 2.44. The minimum Gasteiger partial charge on any atom is -0.455 e. The molecule has 1 aromatic heterocycles. The van der Waals surface area contributed by atoms with Crippen molar-refractivity contribution in [1.29, 1.82) is 0 Å². The Bertz CT molecular complexity index is 804. The van der Waals surface area contributed by atoms with Crippen molar-refractivity contribution in [3.8, 4) is 17.8 Å². The van der Waals surface area contributed by atoms with E-state index in [1.165, 1.54) is 0 Å². The van der Waals surface area contributed by atoms with E-state index in [4.69, 9.17) is 10.8 Å². The summed E-state index contributed by atoms with van der Waals surface area (Å²) in [6, 6.07) is 13.7. The minimum absolute atomic E-state index is 0.774. The lowest BCUT2D eigenvalue weighted by Gasteiger charge is -1.91.